The molecule has 0 saturated carbocycles. The van der Waals surface area contributed by atoms with E-state index in [1.165, 1.54) is 38.4 Å². The number of hydrogen-bond acceptors (Lipinski definition) is 6. The lowest BCUT2D eigenvalue weighted by Gasteiger charge is -2.40. The zero-order valence-electron chi connectivity index (χ0n) is 28.4. The Morgan fingerprint density at radius 3 is 1.84 bits per heavy atom. The van der Waals surface area contributed by atoms with Crippen LogP contribution in [0.4, 0.5) is 5.69 Å². The second-order valence-corrected chi connectivity index (χ2v) is 14.0. The normalized spacial score (nSPS) is 18.7. The molecular formula is C45H35N5S. The quantitative estimate of drug-likeness (QED) is 0.171. The molecule has 1 N–H and O–H groups in total. The standard InChI is InChI=1S/C45H35N5S/c1-46-27-29-18-23-35-37(26-29)45(33-16-10-5-11-17-33,36-24-25-39-41(40(35)36)38(47-2)28-51-39)34-21-19-32(20-22-34)44-49-42(30-12-6-3-7-13-30)48-43(50-44)31-14-8-4-9-15-31/h3-28,36,40,47H,1-2H3. The van der Waals surface area contributed by atoms with Crippen LogP contribution in [0.25, 0.3) is 40.2 Å². The number of anilines is 1. The summed E-state index contributed by atoms with van der Waals surface area (Å²) in [6.45, 7) is 0. The molecule has 5 nitrogen and oxygen atoms in total. The van der Waals surface area contributed by atoms with Gasteiger partial charge in [0.2, 0.25) is 0 Å². The van der Waals surface area contributed by atoms with Gasteiger partial charge in [-0.25, -0.2) is 15.0 Å². The van der Waals surface area contributed by atoms with Crippen molar-refractivity contribution in [1.29, 1.82) is 0 Å². The summed E-state index contributed by atoms with van der Waals surface area (Å²) in [5, 5.41) is 5.77. The van der Waals surface area contributed by atoms with Crippen molar-refractivity contribution in [3.8, 4) is 34.2 Å². The van der Waals surface area contributed by atoms with Crippen molar-refractivity contribution >= 4 is 29.3 Å². The maximum absolute atomic E-state index is 5.02. The molecule has 246 valence electrons. The molecule has 0 fully saturated rings. The number of hydrogen-bond donors (Lipinski definition) is 1. The summed E-state index contributed by atoms with van der Waals surface area (Å²) in [7, 11) is 3.87. The van der Waals surface area contributed by atoms with Crippen molar-refractivity contribution in [3.05, 3.63) is 183 Å². The molecule has 5 aromatic carbocycles. The Balaban J connectivity index is 1.25. The number of thiophene rings is 1. The fourth-order valence-corrected chi connectivity index (χ4v) is 9.24. The van der Waals surface area contributed by atoms with Crippen LogP contribution in [0.1, 0.15) is 44.2 Å². The molecule has 3 unspecified atom stereocenters. The monoisotopic (exact) mass is 677 g/mol. The second kappa shape index (κ2) is 12.7. The molecule has 2 heterocycles. The first kappa shape index (κ1) is 31.0. The van der Waals surface area contributed by atoms with Crippen LogP contribution in [0.5, 0.6) is 0 Å². The zero-order chi connectivity index (χ0) is 34.4. The van der Waals surface area contributed by atoms with E-state index < -0.39 is 5.41 Å². The van der Waals surface area contributed by atoms with Crippen LogP contribution in [0.3, 0.4) is 0 Å². The van der Waals surface area contributed by atoms with E-state index in [4.69, 9.17) is 15.0 Å². The van der Waals surface area contributed by atoms with Gasteiger partial charge in [0.1, 0.15) is 0 Å². The van der Waals surface area contributed by atoms with Gasteiger partial charge in [-0.05, 0) is 40.0 Å². The zero-order valence-corrected chi connectivity index (χ0v) is 29.2. The van der Waals surface area contributed by atoms with Gasteiger partial charge in [-0.2, -0.15) is 0 Å². The first-order valence-electron chi connectivity index (χ1n) is 17.3. The van der Waals surface area contributed by atoms with Gasteiger partial charge in [0.25, 0.3) is 0 Å². The molecule has 3 atom stereocenters. The number of rotatable bonds is 7. The fourth-order valence-electron chi connectivity index (χ4n) is 8.23. The molecule has 0 spiro atoms. The molecule has 0 aliphatic heterocycles. The van der Waals surface area contributed by atoms with E-state index in [-0.39, 0.29) is 11.8 Å². The topological polar surface area (TPSA) is 63.1 Å². The molecule has 0 bridgehead atoms. The Morgan fingerprint density at radius 2 is 1.25 bits per heavy atom. The van der Waals surface area contributed by atoms with Crippen LogP contribution in [0, 0.1) is 5.92 Å². The van der Waals surface area contributed by atoms with Gasteiger partial charge >= 0.3 is 0 Å². The van der Waals surface area contributed by atoms with Crippen LogP contribution in [0.2, 0.25) is 0 Å². The van der Waals surface area contributed by atoms with E-state index in [0.717, 1.165) is 22.3 Å². The third-order valence-electron chi connectivity index (χ3n) is 10.4. The van der Waals surface area contributed by atoms with Gasteiger partial charge in [-0.3, -0.25) is 4.99 Å². The van der Waals surface area contributed by atoms with Gasteiger partial charge in [0.05, 0.1) is 5.41 Å². The number of nitrogens with zero attached hydrogens (tertiary/aromatic N) is 4. The fraction of sp³-hybridized carbons (Fsp3) is 0.111. The van der Waals surface area contributed by atoms with E-state index in [0.29, 0.717) is 17.5 Å². The van der Waals surface area contributed by atoms with E-state index in [1.54, 1.807) is 0 Å². The highest BCUT2D eigenvalue weighted by molar-refractivity contribution is 7.11. The van der Waals surface area contributed by atoms with Gasteiger partial charge in [0, 0.05) is 70.3 Å². The summed E-state index contributed by atoms with van der Waals surface area (Å²) < 4.78 is 0. The van der Waals surface area contributed by atoms with Gasteiger partial charge in [-0.1, -0.05) is 133 Å². The summed E-state index contributed by atoms with van der Waals surface area (Å²) in [5.74, 6) is 2.29. The lowest BCUT2D eigenvalue weighted by atomic mass is 9.62. The molecule has 0 saturated heterocycles. The summed E-state index contributed by atoms with van der Waals surface area (Å²) in [4.78, 5) is 20.7. The SMILES string of the molecule is CN=Cc1ccc2c(c1)C(c1ccccc1)(c1ccc(-c3nc(-c4ccccc4)nc(-c4ccccc4)n3)cc1)C1C=Cc3scc(NC)c3C21. The maximum atomic E-state index is 5.02. The highest BCUT2D eigenvalue weighted by Gasteiger charge is 2.55. The van der Waals surface area contributed by atoms with Crippen LogP contribution in [0.15, 0.2) is 150 Å². The average molecular weight is 678 g/mol. The lowest BCUT2D eigenvalue weighted by molar-refractivity contribution is 0.453. The first-order chi connectivity index (χ1) is 25.2. The number of benzene rings is 5. The minimum atomic E-state index is -0.456. The van der Waals surface area contributed by atoms with Crippen LogP contribution in [-0.4, -0.2) is 35.3 Å². The van der Waals surface area contributed by atoms with Gasteiger partial charge in [0.15, 0.2) is 17.5 Å². The van der Waals surface area contributed by atoms with E-state index in [9.17, 15) is 0 Å². The van der Waals surface area contributed by atoms with Crippen LogP contribution >= 0.6 is 11.3 Å². The molecular weight excluding hydrogens is 643 g/mol. The number of allylic oxidation sites excluding steroid dienone is 1. The molecule has 9 rings (SSSR count). The maximum Gasteiger partial charge on any atom is 0.164 e. The molecule has 0 radical (unpaired) electrons. The molecule has 2 aliphatic rings. The predicted molar refractivity (Wildman–Crippen MR) is 211 cm³/mol. The summed E-state index contributed by atoms with van der Waals surface area (Å²) >= 11 is 1.81. The third-order valence-corrected chi connectivity index (χ3v) is 11.4. The predicted octanol–water partition coefficient (Wildman–Crippen LogP) is 10.1. The minimum Gasteiger partial charge on any atom is -0.387 e. The number of aromatic nitrogens is 3. The van der Waals surface area contributed by atoms with Gasteiger partial charge < -0.3 is 5.32 Å². The Hall–Kier alpha value is -5.98. The van der Waals surface area contributed by atoms with Gasteiger partial charge in [-0.15, -0.1) is 11.3 Å². The lowest BCUT2D eigenvalue weighted by Crippen LogP contribution is -2.35. The summed E-state index contributed by atoms with van der Waals surface area (Å²) in [5.41, 5.74) is 11.3. The Labute approximate surface area is 302 Å². The van der Waals surface area contributed by atoms with Crippen molar-refractivity contribution in [3.63, 3.8) is 0 Å². The van der Waals surface area contributed by atoms with Crippen molar-refractivity contribution < 1.29 is 0 Å². The van der Waals surface area contributed by atoms with E-state index in [1.807, 2.05) is 92.3 Å². The molecule has 2 aliphatic carbocycles. The molecule has 7 aromatic rings. The Bertz CT molecular complexity index is 2360. The third kappa shape index (κ3) is 5.05. The summed E-state index contributed by atoms with van der Waals surface area (Å²) in [6, 6.07) is 47.1. The molecule has 0 amide bonds. The number of nitrogens with one attached hydrogen (secondary N) is 1. The van der Waals surface area contributed by atoms with Crippen LogP contribution in [-0.2, 0) is 5.41 Å². The summed E-state index contributed by atoms with van der Waals surface area (Å²) in [6.07, 6.45) is 6.76. The highest BCUT2D eigenvalue weighted by Crippen LogP contribution is 2.63. The minimum absolute atomic E-state index is 0.148. The van der Waals surface area contributed by atoms with Crippen molar-refractivity contribution in [1.82, 2.24) is 15.0 Å². The van der Waals surface area contributed by atoms with Crippen molar-refractivity contribution in [2.45, 2.75) is 11.3 Å². The van der Waals surface area contributed by atoms with Crippen molar-refractivity contribution in [2.24, 2.45) is 10.9 Å². The number of aliphatic imine (C=N–C) groups is 1. The molecule has 2 aromatic heterocycles. The number of fused-ring (bicyclic) bond motifs is 5. The van der Waals surface area contributed by atoms with E-state index >= 15 is 0 Å². The Morgan fingerprint density at radius 1 is 0.686 bits per heavy atom. The molecule has 6 heteroatoms. The Kier molecular flexibility index (Phi) is 7.74. The van der Waals surface area contributed by atoms with Crippen molar-refractivity contribution in [2.75, 3.05) is 19.4 Å². The first-order valence-corrected chi connectivity index (χ1v) is 18.1. The highest BCUT2D eigenvalue weighted by atomic mass is 32.1. The van der Waals surface area contributed by atoms with Crippen LogP contribution < -0.4 is 5.32 Å². The molecule has 51 heavy (non-hydrogen) atoms. The second-order valence-electron chi connectivity index (χ2n) is 13.1. The average Bonchev–Trinajstić information content (AvgIpc) is 3.76. The largest absolute Gasteiger partial charge is 0.387 e. The van der Waals surface area contributed by atoms with E-state index in [2.05, 4.69) is 101 Å². The smallest absolute Gasteiger partial charge is 0.164 e.